The summed E-state index contributed by atoms with van der Waals surface area (Å²) in [4.78, 5) is 11.9. The molecule has 2 nitrogen and oxygen atoms in total. The fourth-order valence-electron chi connectivity index (χ4n) is 2.75. The van der Waals surface area contributed by atoms with Gasteiger partial charge in [0.25, 0.3) is 5.91 Å². The summed E-state index contributed by atoms with van der Waals surface area (Å²) in [5.74, 6) is 0.804. The van der Waals surface area contributed by atoms with Crippen LogP contribution in [0.4, 0.5) is 0 Å². The molecule has 1 fully saturated rings. The maximum absolute atomic E-state index is 11.9. The van der Waals surface area contributed by atoms with Crippen LogP contribution in [-0.4, -0.2) is 12.5 Å². The highest BCUT2D eigenvalue weighted by Crippen LogP contribution is 2.24. The van der Waals surface area contributed by atoms with Crippen LogP contribution in [0, 0.1) is 5.92 Å². The molecule has 19 heavy (non-hydrogen) atoms. The summed E-state index contributed by atoms with van der Waals surface area (Å²) in [5, 5.41) is 3.67. The van der Waals surface area contributed by atoms with E-state index in [1.165, 1.54) is 38.5 Å². The normalized spacial score (nSPS) is 16.9. The first kappa shape index (κ1) is 14.4. The van der Waals surface area contributed by atoms with E-state index < -0.39 is 0 Å². The minimum absolute atomic E-state index is 0.00490. The molecule has 1 aromatic rings. The Morgan fingerprint density at radius 3 is 2.37 bits per heavy atom. The van der Waals surface area contributed by atoms with Gasteiger partial charge in [0.15, 0.2) is 0 Å². The van der Waals surface area contributed by atoms with Gasteiger partial charge in [0, 0.05) is 17.1 Å². The molecule has 0 bridgehead atoms. The molecule has 1 N–H and O–H groups in total. The first-order valence-electron chi connectivity index (χ1n) is 7.29. The van der Waals surface area contributed by atoms with E-state index in [1.807, 2.05) is 0 Å². The van der Waals surface area contributed by atoms with Crippen molar-refractivity contribution in [2.45, 2.75) is 44.9 Å². The minimum atomic E-state index is 0.00490. The average Bonchev–Trinajstić information content (AvgIpc) is 2.68. The smallest absolute Gasteiger partial charge is 0.251 e. The van der Waals surface area contributed by atoms with Gasteiger partial charge < -0.3 is 5.32 Å². The van der Waals surface area contributed by atoms with Crippen LogP contribution < -0.4 is 5.32 Å². The van der Waals surface area contributed by atoms with Crippen molar-refractivity contribution >= 4 is 17.5 Å². The Bertz CT molecular complexity index is 394. The van der Waals surface area contributed by atoms with Gasteiger partial charge in [-0.15, -0.1) is 0 Å². The van der Waals surface area contributed by atoms with Crippen molar-refractivity contribution in [1.29, 1.82) is 0 Å². The Morgan fingerprint density at radius 2 is 1.74 bits per heavy atom. The second-order valence-electron chi connectivity index (χ2n) is 5.41. The van der Waals surface area contributed by atoms with Gasteiger partial charge in [0.05, 0.1) is 0 Å². The van der Waals surface area contributed by atoms with Crippen molar-refractivity contribution in [3.05, 3.63) is 34.9 Å². The fourth-order valence-corrected chi connectivity index (χ4v) is 2.87. The van der Waals surface area contributed by atoms with Crippen molar-refractivity contribution in [3.63, 3.8) is 0 Å². The number of carbonyl (C=O) groups is 1. The van der Waals surface area contributed by atoms with E-state index in [0.29, 0.717) is 10.6 Å². The standard InChI is InChI=1S/C16H22ClNO/c17-15-9-7-14(8-10-15)16(19)18-12-11-13-5-3-1-2-4-6-13/h7-10,13H,1-6,11-12H2,(H,18,19). The van der Waals surface area contributed by atoms with Gasteiger partial charge in [0.2, 0.25) is 0 Å². The highest BCUT2D eigenvalue weighted by Gasteiger charge is 2.12. The molecule has 1 saturated carbocycles. The van der Waals surface area contributed by atoms with Crippen molar-refractivity contribution < 1.29 is 4.79 Å². The molecule has 0 aliphatic heterocycles. The number of rotatable bonds is 4. The number of hydrogen-bond acceptors (Lipinski definition) is 1. The predicted octanol–water partition coefficient (Wildman–Crippen LogP) is 4.43. The molecule has 1 amide bonds. The van der Waals surface area contributed by atoms with Crippen LogP contribution >= 0.6 is 11.6 Å². The molecular weight excluding hydrogens is 258 g/mol. The minimum Gasteiger partial charge on any atom is -0.352 e. The van der Waals surface area contributed by atoms with Crippen LogP contribution in [0.3, 0.4) is 0 Å². The van der Waals surface area contributed by atoms with E-state index in [1.54, 1.807) is 24.3 Å². The van der Waals surface area contributed by atoms with Gasteiger partial charge in [-0.1, -0.05) is 50.1 Å². The molecule has 104 valence electrons. The van der Waals surface area contributed by atoms with Gasteiger partial charge in [-0.3, -0.25) is 4.79 Å². The lowest BCUT2D eigenvalue weighted by Crippen LogP contribution is -2.25. The van der Waals surface area contributed by atoms with Crippen LogP contribution in [-0.2, 0) is 0 Å². The quantitative estimate of drug-likeness (QED) is 0.812. The highest BCUT2D eigenvalue weighted by atomic mass is 35.5. The third-order valence-electron chi connectivity index (χ3n) is 3.92. The Labute approximate surface area is 120 Å². The predicted molar refractivity (Wildman–Crippen MR) is 79.6 cm³/mol. The molecule has 1 aliphatic carbocycles. The summed E-state index contributed by atoms with van der Waals surface area (Å²) in [7, 11) is 0. The van der Waals surface area contributed by atoms with Crippen LogP contribution in [0.5, 0.6) is 0 Å². The molecule has 0 heterocycles. The maximum Gasteiger partial charge on any atom is 0.251 e. The molecule has 0 unspecified atom stereocenters. The third kappa shape index (κ3) is 4.87. The lowest BCUT2D eigenvalue weighted by molar-refractivity contribution is 0.0951. The third-order valence-corrected chi connectivity index (χ3v) is 4.17. The average molecular weight is 280 g/mol. The fraction of sp³-hybridized carbons (Fsp3) is 0.562. The number of amides is 1. The van der Waals surface area contributed by atoms with Gasteiger partial charge in [0.1, 0.15) is 0 Å². The second kappa shape index (κ2) is 7.54. The Hall–Kier alpha value is -1.02. The van der Waals surface area contributed by atoms with Crippen molar-refractivity contribution in [1.82, 2.24) is 5.32 Å². The second-order valence-corrected chi connectivity index (χ2v) is 5.85. The van der Waals surface area contributed by atoms with Gasteiger partial charge >= 0.3 is 0 Å². The molecule has 0 spiro atoms. The molecule has 0 aromatic heterocycles. The number of benzene rings is 1. The lowest BCUT2D eigenvalue weighted by Gasteiger charge is -2.14. The van der Waals surface area contributed by atoms with Crippen LogP contribution in [0.15, 0.2) is 24.3 Å². The van der Waals surface area contributed by atoms with E-state index in [-0.39, 0.29) is 5.91 Å². The zero-order chi connectivity index (χ0) is 13.5. The van der Waals surface area contributed by atoms with Gasteiger partial charge in [-0.05, 0) is 36.6 Å². The van der Waals surface area contributed by atoms with Crippen LogP contribution in [0.2, 0.25) is 5.02 Å². The van der Waals surface area contributed by atoms with Crippen LogP contribution in [0.1, 0.15) is 55.3 Å². The van der Waals surface area contributed by atoms with Gasteiger partial charge in [-0.25, -0.2) is 0 Å². The SMILES string of the molecule is O=C(NCCC1CCCCCC1)c1ccc(Cl)cc1. The van der Waals surface area contributed by atoms with Crippen molar-refractivity contribution in [2.24, 2.45) is 5.92 Å². The van der Waals surface area contributed by atoms with E-state index in [2.05, 4.69) is 5.32 Å². The van der Waals surface area contributed by atoms with Crippen molar-refractivity contribution in [3.8, 4) is 0 Å². The summed E-state index contributed by atoms with van der Waals surface area (Å²) in [6, 6.07) is 7.04. The van der Waals surface area contributed by atoms with Crippen LogP contribution in [0.25, 0.3) is 0 Å². The Balaban J connectivity index is 1.72. The van der Waals surface area contributed by atoms with Crippen molar-refractivity contribution in [2.75, 3.05) is 6.54 Å². The lowest BCUT2D eigenvalue weighted by atomic mass is 9.97. The Kier molecular flexibility index (Phi) is 5.71. The summed E-state index contributed by atoms with van der Waals surface area (Å²) >= 11 is 5.81. The van der Waals surface area contributed by atoms with E-state index >= 15 is 0 Å². The summed E-state index contributed by atoms with van der Waals surface area (Å²) in [6.07, 6.45) is 9.25. The number of nitrogens with one attached hydrogen (secondary N) is 1. The molecule has 0 saturated heterocycles. The topological polar surface area (TPSA) is 29.1 Å². The molecule has 1 aromatic carbocycles. The largest absolute Gasteiger partial charge is 0.352 e. The monoisotopic (exact) mass is 279 g/mol. The Morgan fingerprint density at radius 1 is 1.11 bits per heavy atom. The van der Waals surface area contributed by atoms with Gasteiger partial charge in [-0.2, -0.15) is 0 Å². The molecular formula is C16H22ClNO. The van der Waals surface area contributed by atoms with E-state index in [4.69, 9.17) is 11.6 Å². The molecule has 0 radical (unpaired) electrons. The summed E-state index contributed by atoms with van der Waals surface area (Å²) in [6.45, 7) is 0.784. The zero-order valence-electron chi connectivity index (χ0n) is 11.3. The number of carbonyl (C=O) groups excluding carboxylic acids is 1. The molecule has 0 atom stereocenters. The number of hydrogen-bond donors (Lipinski definition) is 1. The van der Waals surface area contributed by atoms with E-state index in [9.17, 15) is 4.79 Å². The number of halogens is 1. The molecule has 1 aliphatic rings. The molecule has 3 heteroatoms. The van der Waals surface area contributed by atoms with E-state index in [0.717, 1.165) is 18.9 Å². The first-order valence-corrected chi connectivity index (χ1v) is 7.67. The molecule has 2 rings (SSSR count). The summed E-state index contributed by atoms with van der Waals surface area (Å²) in [5.41, 5.74) is 0.685. The highest BCUT2D eigenvalue weighted by molar-refractivity contribution is 6.30. The summed E-state index contributed by atoms with van der Waals surface area (Å²) < 4.78 is 0. The first-order chi connectivity index (χ1) is 9.25. The zero-order valence-corrected chi connectivity index (χ0v) is 12.1. The maximum atomic E-state index is 11.9.